The summed E-state index contributed by atoms with van der Waals surface area (Å²) in [5.41, 5.74) is 3.41. The minimum atomic E-state index is -0.150. The van der Waals surface area contributed by atoms with E-state index in [1.54, 1.807) is 20.4 Å². The van der Waals surface area contributed by atoms with Gasteiger partial charge >= 0.3 is 0 Å². The van der Waals surface area contributed by atoms with Crippen LogP contribution in [0.15, 0.2) is 60.8 Å². The number of piperidine rings is 1. The van der Waals surface area contributed by atoms with Crippen molar-refractivity contribution >= 4 is 23.3 Å². The highest BCUT2D eigenvalue weighted by molar-refractivity contribution is 6.30. The van der Waals surface area contributed by atoms with Crippen LogP contribution in [0.1, 0.15) is 35.6 Å². The average molecular weight is 492 g/mol. The molecule has 1 saturated heterocycles. The van der Waals surface area contributed by atoms with Crippen LogP contribution in [0.25, 0.3) is 0 Å². The van der Waals surface area contributed by atoms with Crippen LogP contribution in [0.3, 0.4) is 0 Å². The molecule has 2 aliphatic heterocycles. The molecule has 0 radical (unpaired) electrons. The molecule has 0 aliphatic carbocycles. The summed E-state index contributed by atoms with van der Waals surface area (Å²) >= 11 is 5.99. The van der Waals surface area contributed by atoms with E-state index in [0.29, 0.717) is 17.3 Å². The molecule has 3 aromatic rings. The number of aromatic nitrogens is 1. The lowest BCUT2D eigenvalue weighted by Crippen LogP contribution is -2.46. The summed E-state index contributed by atoms with van der Waals surface area (Å²) in [4.78, 5) is 22.7. The Morgan fingerprint density at radius 1 is 0.971 bits per heavy atom. The Hall–Kier alpha value is -3.25. The van der Waals surface area contributed by atoms with Crippen LogP contribution in [0.2, 0.25) is 5.02 Å². The van der Waals surface area contributed by atoms with Crippen molar-refractivity contribution in [3.63, 3.8) is 0 Å². The zero-order valence-corrected chi connectivity index (χ0v) is 20.9. The number of hydrogen-bond acceptors (Lipinski definition) is 5. The molecule has 5 rings (SSSR count). The number of fused-ring (bicyclic) bond motifs is 1. The quantitative estimate of drug-likeness (QED) is 0.494. The van der Waals surface area contributed by atoms with Crippen LogP contribution in [-0.2, 0) is 11.2 Å². The standard InChI is InChI=1S/C28H30ClN3O3/c1-34-24-16-21-12-15-32(27(19-6-4-3-5-7-19)23(21)17-25(24)35-2)28(33)20-10-13-31(14-11-20)26-9-8-22(29)18-30-26/h3-9,16-18,20,27H,10-15H2,1-2H3. The Labute approximate surface area is 211 Å². The number of amides is 1. The maximum absolute atomic E-state index is 13.9. The van der Waals surface area contributed by atoms with Gasteiger partial charge in [-0.1, -0.05) is 41.9 Å². The molecule has 0 spiro atoms. The number of ether oxygens (including phenoxy) is 2. The number of methoxy groups -OCH3 is 2. The Morgan fingerprint density at radius 3 is 2.34 bits per heavy atom. The molecular formula is C28H30ClN3O3. The van der Waals surface area contributed by atoms with E-state index < -0.39 is 0 Å². The normalized spacial score (nSPS) is 18.2. The molecule has 6 nitrogen and oxygen atoms in total. The first-order valence-electron chi connectivity index (χ1n) is 12.1. The second-order valence-electron chi connectivity index (χ2n) is 9.10. The number of benzene rings is 2. The topological polar surface area (TPSA) is 54.9 Å². The summed E-state index contributed by atoms with van der Waals surface area (Å²) in [7, 11) is 3.31. The fraction of sp³-hybridized carbons (Fsp3) is 0.357. The smallest absolute Gasteiger partial charge is 0.226 e. The molecular weight excluding hydrogens is 462 g/mol. The van der Waals surface area contributed by atoms with E-state index in [0.717, 1.165) is 55.0 Å². The first-order chi connectivity index (χ1) is 17.1. The number of pyridine rings is 1. The summed E-state index contributed by atoms with van der Waals surface area (Å²) in [6.07, 6.45) is 4.07. The van der Waals surface area contributed by atoms with Crippen molar-refractivity contribution in [3.8, 4) is 11.5 Å². The molecule has 1 atom stereocenters. The number of nitrogens with zero attached hydrogens (tertiary/aromatic N) is 3. The van der Waals surface area contributed by atoms with Gasteiger partial charge in [-0.15, -0.1) is 0 Å². The monoisotopic (exact) mass is 491 g/mol. The SMILES string of the molecule is COc1cc2c(cc1OC)C(c1ccccc1)N(C(=O)C1CCN(c3ccc(Cl)cn3)CC1)CC2. The van der Waals surface area contributed by atoms with Gasteiger partial charge in [-0.2, -0.15) is 0 Å². The van der Waals surface area contributed by atoms with E-state index in [9.17, 15) is 4.79 Å². The fourth-order valence-corrected chi connectivity index (χ4v) is 5.43. The van der Waals surface area contributed by atoms with E-state index in [2.05, 4.69) is 33.0 Å². The molecule has 3 heterocycles. The van der Waals surface area contributed by atoms with Gasteiger partial charge in [0, 0.05) is 31.7 Å². The lowest BCUT2D eigenvalue weighted by Gasteiger charge is -2.41. The Balaban J connectivity index is 1.41. The highest BCUT2D eigenvalue weighted by Gasteiger charge is 2.37. The zero-order chi connectivity index (χ0) is 24.4. The highest BCUT2D eigenvalue weighted by atomic mass is 35.5. The predicted octanol–water partition coefficient (Wildman–Crippen LogP) is 5.14. The van der Waals surface area contributed by atoms with Gasteiger partial charge in [0.1, 0.15) is 5.82 Å². The van der Waals surface area contributed by atoms with Crippen LogP contribution in [-0.4, -0.2) is 49.6 Å². The van der Waals surface area contributed by atoms with Gasteiger partial charge in [-0.05, 0) is 60.2 Å². The van der Waals surface area contributed by atoms with Crippen molar-refractivity contribution in [1.29, 1.82) is 0 Å². The van der Waals surface area contributed by atoms with Gasteiger partial charge in [0.25, 0.3) is 0 Å². The Kier molecular flexibility index (Phi) is 6.82. The van der Waals surface area contributed by atoms with Crippen LogP contribution in [0.4, 0.5) is 5.82 Å². The summed E-state index contributed by atoms with van der Waals surface area (Å²) < 4.78 is 11.2. The van der Waals surface area contributed by atoms with E-state index >= 15 is 0 Å². The number of hydrogen-bond donors (Lipinski definition) is 0. The van der Waals surface area contributed by atoms with Gasteiger partial charge in [0.15, 0.2) is 11.5 Å². The minimum Gasteiger partial charge on any atom is -0.493 e. The summed E-state index contributed by atoms with van der Waals surface area (Å²) in [5.74, 6) is 2.54. The Bertz CT molecular complexity index is 1180. The molecule has 182 valence electrons. The predicted molar refractivity (Wildman–Crippen MR) is 137 cm³/mol. The average Bonchev–Trinajstić information content (AvgIpc) is 2.92. The van der Waals surface area contributed by atoms with Crippen molar-refractivity contribution < 1.29 is 14.3 Å². The molecule has 35 heavy (non-hydrogen) atoms. The van der Waals surface area contributed by atoms with Crippen LogP contribution >= 0.6 is 11.6 Å². The fourth-order valence-electron chi connectivity index (χ4n) is 5.32. The second-order valence-corrected chi connectivity index (χ2v) is 9.53. The third-order valence-electron chi connectivity index (χ3n) is 7.15. The first kappa shape index (κ1) is 23.5. The second kappa shape index (κ2) is 10.2. The van der Waals surface area contributed by atoms with Crippen molar-refractivity contribution in [2.75, 3.05) is 38.8 Å². The third-order valence-corrected chi connectivity index (χ3v) is 7.38. The third kappa shape index (κ3) is 4.67. The van der Waals surface area contributed by atoms with Gasteiger partial charge in [-0.3, -0.25) is 4.79 Å². The highest BCUT2D eigenvalue weighted by Crippen LogP contribution is 2.42. The van der Waals surface area contributed by atoms with Crippen molar-refractivity contribution in [2.24, 2.45) is 5.92 Å². The van der Waals surface area contributed by atoms with Gasteiger partial charge < -0.3 is 19.3 Å². The molecule has 2 aromatic carbocycles. The molecule has 1 fully saturated rings. The summed E-state index contributed by atoms with van der Waals surface area (Å²) in [6.45, 7) is 2.28. The Morgan fingerprint density at radius 2 is 1.69 bits per heavy atom. The summed E-state index contributed by atoms with van der Waals surface area (Å²) in [6, 6.07) is 18.0. The molecule has 7 heteroatoms. The molecule has 1 unspecified atom stereocenters. The van der Waals surface area contributed by atoms with Crippen LogP contribution in [0, 0.1) is 5.92 Å². The van der Waals surface area contributed by atoms with E-state index in [1.807, 2.05) is 36.4 Å². The maximum atomic E-state index is 13.9. The van der Waals surface area contributed by atoms with E-state index in [1.165, 1.54) is 5.56 Å². The number of halogens is 1. The number of rotatable bonds is 5. The van der Waals surface area contributed by atoms with Gasteiger partial charge in [0.05, 0.1) is 25.3 Å². The van der Waals surface area contributed by atoms with E-state index in [4.69, 9.17) is 21.1 Å². The van der Waals surface area contributed by atoms with E-state index in [-0.39, 0.29) is 17.9 Å². The van der Waals surface area contributed by atoms with Crippen LogP contribution in [0.5, 0.6) is 11.5 Å². The van der Waals surface area contributed by atoms with Gasteiger partial charge in [-0.25, -0.2) is 4.98 Å². The first-order valence-corrected chi connectivity index (χ1v) is 12.4. The molecule has 0 N–H and O–H groups in total. The lowest BCUT2D eigenvalue weighted by atomic mass is 9.85. The van der Waals surface area contributed by atoms with Crippen molar-refractivity contribution in [1.82, 2.24) is 9.88 Å². The number of carbonyl (C=O) groups is 1. The van der Waals surface area contributed by atoms with Crippen molar-refractivity contribution in [3.05, 3.63) is 82.5 Å². The molecule has 0 saturated carbocycles. The molecule has 2 aliphatic rings. The molecule has 0 bridgehead atoms. The van der Waals surface area contributed by atoms with Gasteiger partial charge in [0.2, 0.25) is 5.91 Å². The largest absolute Gasteiger partial charge is 0.493 e. The molecule has 1 amide bonds. The number of carbonyl (C=O) groups excluding carboxylic acids is 1. The van der Waals surface area contributed by atoms with Crippen molar-refractivity contribution in [2.45, 2.75) is 25.3 Å². The zero-order valence-electron chi connectivity index (χ0n) is 20.1. The van der Waals surface area contributed by atoms with Crippen LogP contribution < -0.4 is 14.4 Å². The lowest BCUT2D eigenvalue weighted by molar-refractivity contribution is -0.138. The molecule has 1 aromatic heterocycles. The minimum absolute atomic E-state index is 0.00791. The summed E-state index contributed by atoms with van der Waals surface area (Å²) in [5, 5.41) is 0.630. The maximum Gasteiger partial charge on any atom is 0.226 e. The number of anilines is 1.